The second-order valence-corrected chi connectivity index (χ2v) is 5.29. The van der Waals surface area contributed by atoms with E-state index in [2.05, 4.69) is 9.52 Å². The Morgan fingerprint density at radius 3 is 2.52 bits per heavy atom. The Bertz CT molecular complexity index is 721. The number of nitrogens with zero attached hydrogens (tertiary/aromatic N) is 2. The van der Waals surface area contributed by atoms with E-state index < -0.39 is 23.5 Å². The van der Waals surface area contributed by atoms with Gasteiger partial charge in [0.2, 0.25) is 5.89 Å². The second-order valence-electron chi connectivity index (χ2n) is 4.27. The first-order valence-corrected chi connectivity index (χ1v) is 6.73. The first-order valence-electron chi connectivity index (χ1n) is 5.74. The molecule has 114 valence electrons. The molecule has 0 N–H and O–H groups in total. The number of thioether (sulfide) groups is 1. The molecule has 0 saturated heterocycles. The Morgan fingerprint density at radius 1 is 1.33 bits per heavy atom. The van der Waals surface area contributed by atoms with E-state index in [1.54, 1.807) is 0 Å². The predicted molar refractivity (Wildman–Crippen MR) is 68.3 cm³/mol. The predicted octanol–water partition coefficient (Wildman–Crippen LogP) is 3.24. The largest absolute Gasteiger partial charge is 0.442 e. The lowest BCUT2D eigenvalue weighted by atomic mass is 10.2. The van der Waals surface area contributed by atoms with Gasteiger partial charge in [0.05, 0.1) is 5.75 Å². The summed E-state index contributed by atoms with van der Waals surface area (Å²) in [6, 6.07) is 2.22. The molecule has 2 aromatic rings. The number of hydrogen-bond acceptors (Lipinski definition) is 4. The summed E-state index contributed by atoms with van der Waals surface area (Å²) in [4.78, 5) is 11.7. The molecule has 1 aromatic carbocycles. The van der Waals surface area contributed by atoms with Crippen LogP contribution in [0.1, 0.15) is 11.5 Å². The Balaban J connectivity index is 2.44. The van der Waals surface area contributed by atoms with Gasteiger partial charge in [-0.3, -0.25) is 0 Å². The summed E-state index contributed by atoms with van der Waals surface area (Å²) in [6.07, 6.45) is -4.34. The third-order valence-corrected chi connectivity index (χ3v) is 3.74. The monoisotopic (exact) mass is 322 g/mol. The van der Waals surface area contributed by atoms with Gasteiger partial charge in [0.15, 0.2) is 0 Å². The number of rotatable bonds is 3. The first kappa shape index (κ1) is 15.6. The van der Waals surface area contributed by atoms with E-state index in [1.807, 2.05) is 0 Å². The molecule has 0 unspecified atom stereocenters. The van der Waals surface area contributed by atoms with Crippen molar-refractivity contribution >= 4 is 11.8 Å². The van der Waals surface area contributed by atoms with Crippen LogP contribution in [0.2, 0.25) is 0 Å². The van der Waals surface area contributed by atoms with Gasteiger partial charge < -0.3 is 4.42 Å². The summed E-state index contributed by atoms with van der Waals surface area (Å²) in [6.45, 7) is 2.89. The van der Waals surface area contributed by atoms with Gasteiger partial charge in [0, 0.05) is 11.8 Å². The number of benzene rings is 1. The molecule has 2 rings (SSSR count). The van der Waals surface area contributed by atoms with Gasteiger partial charge >= 0.3 is 11.9 Å². The molecule has 1 heterocycles. The van der Waals surface area contributed by atoms with Crippen molar-refractivity contribution in [2.24, 2.45) is 0 Å². The van der Waals surface area contributed by atoms with Crippen LogP contribution in [-0.4, -0.2) is 21.7 Å². The van der Waals surface area contributed by atoms with Crippen LogP contribution in [0.4, 0.5) is 17.6 Å². The van der Waals surface area contributed by atoms with Gasteiger partial charge in [0.1, 0.15) is 11.5 Å². The van der Waals surface area contributed by atoms with E-state index in [0.717, 1.165) is 12.1 Å². The topological polar surface area (TPSA) is 48.0 Å². The molecule has 0 fully saturated rings. The third kappa shape index (κ3) is 3.66. The van der Waals surface area contributed by atoms with Crippen LogP contribution >= 0.6 is 11.8 Å². The van der Waals surface area contributed by atoms with Gasteiger partial charge in [-0.05, 0) is 24.6 Å². The first-order chi connectivity index (χ1) is 9.67. The minimum atomic E-state index is -4.34. The molecule has 0 radical (unpaired) electrons. The van der Waals surface area contributed by atoms with Crippen molar-refractivity contribution < 1.29 is 22.0 Å². The van der Waals surface area contributed by atoms with E-state index in [-0.39, 0.29) is 16.5 Å². The van der Waals surface area contributed by atoms with Crippen molar-refractivity contribution in [1.82, 2.24) is 9.78 Å². The fraction of sp³-hybridized carbons (Fsp3) is 0.333. The smallest absolute Gasteiger partial charge is 0.392 e. The van der Waals surface area contributed by atoms with Crippen LogP contribution in [0.25, 0.3) is 5.69 Å². The highest BCUT2D eigenvalue weighted by Gasteiger charge is 2.28. The summed E-state index contributed by atoms with van der Waals surface area (Å²) < 4.78 is 56.0. The molecule has 0 atom stereocenters. The van der Waals surface area contributed by atoms with Gasteiger partial charge in [-0.2, -0.15) is 17.9 Å². The molecule has 0 aliphatic heterocycles. The number of hydrogen-bond donors (Lipinski definition) is 0. The molecule has 0 amide bonds. The molecular formula is C12H10F4N2O2S. The van der Waals surface area contributed by atoms with Crippen LogP contribution < -0.4 is 5.76 Å². The maximum Gasteiger partial charge on any atom is 0.442 e. The lowest BCUT2D eigenvalue weighted by Crippen LogP contribution is -2.15. The maximum atomic E-state index is 13.9. The van der Waals surface area contributed by atoms with Crippen molar-refractivity contribution in [3.63, 3.8) is 0 Å². The second kappa shape index (κ2) is 5.55. The molecule has 0 bridgehead atoms. The van der Waals surface area contributed by atoms with Crippen LogP contribution in [0.3, 0.4) is 0 Å². The third-order valence-electron chi connectivity index (χ3n) is 2.51. The zero-order chi connectivity index (χ0) is 15.8. The number of aryl methyl sites for hydroxylation is 2. The van der Waals surface area contributed by atoms with E-state index >= 15 is 0 Å². The molecule has 21 heavy (non-hydrogen) atoms. The standard InChI is InChI=1S/C12H10F4N2O2S/c1-6-3-8(13)9(18-11(19)20-7(2)17-18)4-10(6)21-5-12(14,15)16/h3-4H,5H2,1-2H3. The Labute approximate surface area is 120 Å². The Morgan fingerprint density at radius 2 is 2.00 bits per heavy atom. The Kier molecular flexibility index (Phi) is 4.13. The molecule has 0 aliphatic rings. The van der Waals surface area contributed by atoms with Crippen molar-refractivity contribution in [1.29, 1.82) is 0 Å². The van der Waals surface area contributed by atoms with Crippen LogP contribution in [0.5, 0.6) is 0 Å². The minimum Gasteiger partial charge on any atom is -0.392 e. The molecule has 0 saturated carbocycles. The van der Waals surface area contributed by atoms with Gasteiger partial charge in [0.25, 0.3) is 0 Å². The van der Waals surface area contributed by atoms with E-state index in [1.165, 1.54) is 13.8 Å². The van der Waals surface area contributed by atoms with Crippen molar-refractivity contribution in [2.45, 2.75) is 24.9 Å². The van der Waals surface area contributed by atoms with E-state index in [0.29, 0.717) is 22.0 Å². The maximum absolute atomic E-state index is 13.9. The fourth-order valence-corrected chi connectivity index (χ4v) is 2.44. The van der Waals surface area contributed by atoms with E-state index in [9.17, 15) is 22.4 Å². The van der Waals surface area contributed by atoms with Gasteiger partial charge in [-0.1, -0.05) is 0 Å². The van der Waals surface area contributed by atoms with Crippen molar-refractivity contribution in [2.75, 3.05) is 5.75 Å². The van der Waals surface area contributed by atoms with Crippen molar-refractivity contribution in [3.8, 4) is 5.69 Å². The zero-order valence-electron chi connectivity index (χ0n) is 11.0. The molecule has 0 aliphatic carbocycles. The average molecular weight is 322 g/mol. The number of alkyl halides is 3. The molecule has 9 heteroatoms. The molecule has 0 spiro atoms. The Hall–Kier alpha value is -1.77. The van der Waals surface area contributed by atoms with Crippen molar-refractivity contribution in [3.05, 3.63) is 40.0 Å². The highest BCUT2D eigenvalue weighted by molar-refractivity contribution is 7.99. The summed E-state index contributed by atoms with van der Waals surface area (Å²) in [7, 11) is 0. The lowest BCUT2D eigenvalue weighted by Gasteiger charge is -2.10. The SMILES string of the molecule is Cc1nn(-c2cc(SCC(F)(F)F)c(C)cc2F)c(=O)o1. The summed E-state index contributed by atoms with van der Waals surface area (Å²) in [5.74, 6) is -2.74. The molecular weight excluding hydrogens is 312 g/mol. The fourth-order valence-electron chi connectivity index (χ4n) is 1.64. The highest BCUT2D eigenvalue weighted by atomic mass is 32.2. The quantitative estimate of drug-likeness (QED) is 0.643. The average Bonchev–Trinajstić information content (AvgIpc) is 2.66. The van der Waals surface area contributed by atoms with Crippen LogP contribution in [0, 0.1) is 19.7 Å². The zero-order valence-corrected chi connectivity index (χ0v) is 11.8. The number of halogens is 4. The molecule has 4 nitrogen and oxygen atoms in total. The highest BCUT2D eigenvalue weighted by Crippen LogP contribution is 2.31. The van der Waals surface area contributed by atoms with Gasteiger partial charge in [-0.25, -0.2) is 9.18 Å². The minimum absolute atomic E-state index is 0.0319. The lowest BCUT2D eigenvalue weighted by molar-refractivity contribution is -0.105. The molecule has 1 aromatic heterocycles. The summed E-state index contributed by atoms with van der Waals surface area (Å²) >= 11 is 0.519. The van der Waals surface area contributed by atoms with Crippen LogP contribution in [-0.2, 0) is 0 Å². The van der Waals surface area contributed by atoms with Crippen LogP contribution in [0.15, 0.2) is 26.2 Å². The van der Waals surface area contributed by atoms with Gasteiger partial charge in [-0.15, -0.1) is 16.9 Å². The summed E-state index contributed by atoms with van der Waals surface area (Å²) in [5, 5.41) is 3.69. The number of aromatic nitrogens is 2. The summed E-state index contributed by atoms with van der Waals surface area (Å²) in [5.41, 5.74) is 0.103. The van der Waals surface area contributed by atoms with E-state index in [4.69, 9.17) is 0 Å². The normalized spacial score (nSPS) is 11.9.